The lowest BCUT2D eigenvalue weighted by atomic mass is 9.97. The molecule has 148 valence electrons. The normalized spacial score (nSPS) is 29.1. The predicted octanol–water partition coefficient (Wildman–Crippen LogP) is 0.0236. The number of fused-ring (bicyclic) bond motifs is 1. The number of hydrogen-bond donors (Lipinski definition) is 5. The third-order valence-corrected chi connectivity index (χ3v) is 4.27. The molecule has 27 heavy (non-hydrogen) atoms. The predicted molar refractivity (Wildman–Crippen MR) is 84.9 cm³/mol. The van der Waals surface area contributed by atoms with E-state index in [-0.39, 0.29) is 16.7 Å². The molecular formula is C16H16F3NO7. The van der Waals surface area contributed by atoms with E-state index in [9.17, 15) is 33.3 Å². The molecule has 3 rings (SSSR count). The van der Waals surface area contributed by atoms with Gasteiger partial charge in [-0.05, 0) is 18.2 Å². The molecule has 1 aromatic heterocycles. The Morgan fingerprint density at radius 1 is 1.11 bits per heavy atom. The SMILES string of the molecule is O=c1oc2cc(NC3C(O)OC(CO)[C@H](O)[C@H]3O)ccc2cc1C(F)(F)F. The van der Waals surface area contributed by atoms with Gasteiger partial charge in [0.05, 0.1) is 6.61 Å². The highest BCUT2D eigenvalue weighted by Crippen LogP contribution is 2.30. The lowest BCUT2D eigenvalue weighted by molar-refractivity contribution is -0.245. The summed E-state index contributed by atoms with van der Waals surface area (Å²) in [5.41, 5.74) is -2.94. The Hall–Kier alpha value is -2.18. The van der Waals surface area contributed by atoms with Gasteiger partial charge >= 0.3 is 11.8 Å². The molecule has 0 spiro atoms. The first-order valence-corrected chi connectivity index (χ1v) is 7.84. The highest BCUT2D eigenvalue weighted by molar-refractivity contribution is 5.81. The maximum absolute atomic E-state index is 12.8. The van der Waals surface area contributed by atoms with Crippen molar-refractivity contribution < 1.29 is 42.8 Å². The number of anilines is 1. The fourth-order valence-electron chi connectivity index (χ4n) is 2.84. The fourth-order valence-corrected chi connectivity index (χ4v) is 2.84. The molecule has 1 saturated heterocycles. The zero-order valence-corrected chi connectivity index (χ0v) is 13.6. The van der Waals surface area contributed by atoms with Gasteiger partial charge in [0.15, 0.2) is 6.29 Å². The molecule has 0 amide bonds. The molecule has 0 saturated carbocycles. The van der Waals surface area contributed by atoms with Crippen LogP contribution in [0, 0.1) is 0 Å². The maximum atomic E-state index is 12.8. The molecule has 2 heterocycles. The van der Waals surface area contributed by atoms with Crippen molar-refractivity contribution in [3.05, 3.63) is 40.2 Å². The van der Waals surface area contributed by atoms with Crippen molar-refractivity contribution in [1.29, 1.82) is 0 Å². The van der Waals surface area contributed by atoms with Gasteiger partial charge in [0.1, 0.15) is 35.5 Å². The Labute approximate surface area is 149 Å². The molecule has 1 fully saturated rings. The number of rotatable bonds is 3. The van der Waals surface area contributed by atoms with Crippen molar-refractivity contribution >= 4 is 16.7 Å². The van der Waals surface area contributed by atoms with Crippen LogP contribution in [-0.4, -0.2) is 57.7 Å². The number of alkyl halides is 3. The minimum atomic E-state index is -4.85. The lowest BCUT2D eigenvalue weighted by Gasteiger charge is -2.40. The highest BCUT2D eigenvalue weighted by Gasteiger charge is 2.43. The Balaban J connectivity index is 1.89. The van der Waals surface area contributed by atoms with Gasteiger partial charge < -0.3 is 34.9 Å². The summed E-state index contributed by atoms with van der Waals surface area (Å²) in [5.74, 6) is 0. The van der Waals surface area contributed by atoms with E-state index in [2.05, 4.69) is 5.32 Å². The first-order valence-electron chi connectivity index (χ1n) is 7.84. The second-order valence-electron chi connectivity index (χ2n) is 6.10. The molecule has 1 aliphatic heterocycles. The van der Waals surface area contributed by atoms with Crippen molar-refractivity contribution in [3.63, 3.8) is 0 Å². The van der Waals surface area contributed by atoms with Crippen LogP contribution in [0.5, 0.6) is 0 Å². The van der Waals surface area contributed by atoms with Crippen LogP contribution in [0.1, 0.15) is 5.56 Å². The van der Waals surface area contributed by atoms with Crippen LogP contribution in [0.3, 0.4) is 0 Å². The minimum absolute atomic E-state index is 0.0221. The molecule has 1 aromatic carbocycles. The monoisotopic (exact) mass is 391 g/mol. The molecule has 5 N–H and O–H groups in total. The Kier molecular flexibility index (Phi) is 5.14. The summed E-state index contributed by atoms with van der Waals surface area (Å²) >= 11 is 0. The summed E-state index contributed by atoms with van der Waals surface area (Å²) in [5, 5.41) is 41.6. The van der Waals surface area contributed by atoms with Gasteiger partial charge in [-0.2, -0.15) is 13.2 Å². The number of hydrogen-bond acceptors (Lipinski definition) is 8. The van der Waals surface area contributed by atoms with Crippen molar-refractivity contribution in [2.75, 3.05) is 11.9 Å². The number of aliphatic hydroxyl groups is 4. The first-order chi connectivity index (χ1) is 12.6. The second-order valence-corrected chi connectivity index (χ2v) is 6.10. The number of benzene rings is 1. The molecule has 1 aliphatic rings. The van der Waals surface area contributed by atoms with Crippen LogP contribution in [0.4, 0.5) is 18.9 Å². The summed E-state index contributed by atoms with van der Waals surface area (Å²) in [6.07, 6.45) is -10.6. The first kappa shape index (κ1) is 19.6. The highest BCUT2D eigenvalue weighted by atomic mass is 19.4. The number of aliphatic hydroxyl groups excluding tert-OH is 4. The second kappa shape index (κ2) is 7.09. The van der Waals surface area contributed by atoms with Gasteiger partial charge in [-0.25, -0.2) is 4.79 Å². The molecule has 0 radical (unpaired) electrons. The quantitative estimate of drug-likeness (QED) is 0.463. The Morgan fingerprint density at radius 3 is 2.44 bits per heavy atom. The van der Waals surface area contributed by atoms with E-state index in [4.69, 9.17) is 14.3 Å². The van der Waals surface area contributed by atoms with Crippen LogP contribution in [0.2, 0.25) is 0 Å². The summed E-state index contributed by atoms with van der Waals surface area (Å²) in [6, 6.07) is 3.26. The largest absolute Gasteiger partial charge is 0.423 e. The molecule has 11 heteroatoms. The number of halogens is 3. The fraction of sp³-hybridized carbons (Fsp3) is 0.438. The number of nitrogens with one attached hydrogen (secondary N) is 1. The van der Waals surface area contributed by atoms with Crippen LogP contribution < -0.4 is 10.9 Å². The molecule has 3 unspecified atom stereocenters. The van der Waals surface area contributed by atoms with E-state index in [1.807, 2.05) is 0 Å². The topological polar surface area (TPSA) is 132 Å². The van der Waals surface area contributed by atoms with Gasteiger partial charge in [-0.3, -0.25) is 0 Å². The molecule has 2 aromatic rings. The third kappa shape index (κ3) is 3.77. The summed E-state index contributed by atoms with van der Waals surface area (Å²) < 4.78 is 48.0. The zero-order chi connectivity index (χ0) is 19.9. The van der Waals surface area contributed by atoms with Crippen LogP contribution in [0.25, 0.3) is 11.0 Å². The van der Waals surface area contributed by atoms with Gasteiger partial charge in [-0.1, -0.05) is 0 Å². The lowest BCUT2D eigenvalue weighted by Crippen LogP contribution is -2.61. The van der Waals surface area contributed by atoms with E-state index >= 15 is 0 Å². The molecule has 0 aliphatic carbocycles. The Bertz CT molecular complexity index is 884. The summed E-state index contributed by atoms with van der Waals surface area (Å²) in [4.78, 5) is 11.5. The zero-order valence-electron chi connectivity index (χ0n) is 13.6. The van der Waals surface area contributed by atoms with Gasteiger partial charge in [0, 0.05) is 17.1 Å². The van der Waals surface area contributed by atoms with Gasteiger partial charge in [-0.15, -0.1) is 0 Å². The average Bonchev–Trinajstić information content (AvgIpc) is 2.60. The molecule has 5 atom stereocenters. The van der Waals surface area contributed by atoms with E-state index in [1.165, 1.54) is 18.2 Å². The number of ether oxygens (including phenoxy) is 1. The summed E-state index contributed by atoms with van der Waals surface area (Å²) in [7, 11) is 0. The van der Waals surface area contributed by atoms with E-state index < -0.39 is 54.6 Å². The van der Waals surface area contributed by atoms with Crippen LogP contribution in [0.15, 0.2) is 33.5 Å². The summed E-state index contributed by atoms with van der Waals surface area (Å²) in [6.45, 7) is -0.620. The van der Waals surface area contributed by atoms with E-state index in [1.54, 1.807) is 0 Å². The smallest absolute Gasteiger partial charge is 0.422 e. The third-order valence-electron chi connectivity index (χ3n) is 4.27. The minimum Gasteiger partial charge on any atom is -0.422 e. The Morgan fingerprint density at radius 2 is 1.81 bits per heavy atom. The standard InChI is InChI=1S/C16H16F3NO7/c17-16(18,19)8-3-6-1-2-7(4-9(6)26-14(8)24)20-11-13(23)12(22)10(5-21)27-15(11)25/h1-4,10-13,15,20-23,25H,5H2/t10?,11?,12-,13-,15?/m0/s1. The van der Waals surface area contributed by atoms with E-state index in [0.29, 0.717) is 6.07 Å². The van der Waals surface area contributed by atoms with Crippen molar-refractivity contribution in [3.8, 4) is 0 Å². The maximum Gasteiger partial charge on any atom is 0.423 e. The van der Waals surface area contributed by atoms with Crippen molar-refractivity contribution in [2.45, 2.75) is 36.8 Å². The molecular weight excluding hydrogens is 375 g/mol. The van der Waals surface area contributed by atoms with Crippen LogP contribution >= 0.6 is 0 Å². The van der Waals surface area contributed by atoms with Gasteiger partial charge in [0.25, 0.3) is 0 Å². The molecule has 8 nitrogen and oxygen atoms in total. The van der Waals surface area contributed by atoms with Crippen molar-refractivity contribution in [1.82, 2.24) is 0 Å². The van der Waals surface area contributed by atoms with Crippen molar-refractivity contribution in [2.24, 2.45) is 0 Å². The van der Waals surface area contributed by atoms with E-state index in [0.717, 1.165) is 0 Å². The average molecular weight is 391 g/mol. The van der Waals surface area contributed by atoms with Gasteiger partial charge in [0.2, 0.25) is 0 Å². The molecule has 0 bridgehead atoms. The van der Waals surface area contributed by atoms with Crippen LogP contribution in [-0.2, 0) is 10.9 Å².